The van der Waals surface area contributed by atoms with Gasteiger partial charge in [0.25, 0.3) is 5.91 Å². The SMILES string of the molecule is C=CCOc1cccc(/C=N\NC(=O)c2ccc(Cl)cc2)c1. The Morgan fingerprint density at radius 1 is 1.27 bits per heavy atom. The molecule has 5 heteroatoms. The molecule has 0 aliphatic rings. The molecule has 0 fully saturated rings. The van der Waals surface area contributed by atoms with Gasteiger partial charge in [0.05, 0.1) is 6.21 Å². The van der Waals surface area contributed by atoms with Crippen molar-refractivity contribution in [2.24, 2.45) is 5.10 Å². The first-order chi connectivity index (χ1) is 10.7. The second-order valence-corrected chi connectivity index (χ2v) is 4.81. The molecular formula is C17H15ClN2O2. The van der Waals surface area contributed by atoms with Crippen LogP contribution in [0.5, 0.6) is 5.75 Å². The average Bonchev–Trinajstić information content (AvgIpc) is 2.54. The van der Waals surface area contributed by atoms with E-state index in [4.69, 9.17) is 16.3 Å². The molecule has 1 N–H and O–H groups in total. The van der Waals surface area contributed by atoms with Crippen LogP contribution >= 0.6 is 11.6 Å². The number of benzene rings is 2. The molecule has 4 nitrogen and oxygen atoms in total. The van der Waals surface area contributed by atoms with Gasteiger partial charge in [-0.05, 0) is 42.0 Å². The molecule has 112 valence electrons. The van der Waals surface area contributed by atoms with Crippen LogP contribution in [0.15, 0.2) is 66.3 Å². The second kappa shape index (κ2) is 8.00. The highest BCUT2D eigenvalue weighted by molar-refractivity contribution is 6.30. The molecule has 1 amide bonds. The highest BCUT2D eigenvalue weighted by atomic mass is 35.5. The summed E-state index contributed by atoms with van der Waals surface area (Å²) in [6.45, 7) is 4.03. The van der Waals surface area contributed by atoms with Gasteiger partial charge in [0.15, 0.2) is 0 Å². The average molecular weight is 315 g/mol. The number of nitrogens with one attached hydrogen (secondary N) is 1. The summed E-state index contributed by atoms with van der Waals surface area (Å²) in [5.74, 6) is 0.417. The van der Waals surface area contributed by atoms with Crippen molar-refractivity contribution in [1.82, 2.24) is 5.43 Å². The van der Waals surface area contributed by atoms with E-state index in [1.165, 1.54) is 0 Å². The molecule has 0 saturated carbocycles. The summed E-state index contributed by atoms with van der Waals surface area (Å²) >= 11 is 5.77. The molecule has 2 rings (SSSR count). The first-order valence-electron chi connectivity index (χ1n) is 6.62. The third-order valence-electron chi connectivity index (χ3n) is 2.71. The van der Waals surface area contributed by atoms with Crippen molar-refractivity contribution < 1.29 is 9.53 Å². The van der Waals surface area contributed by atoms with Gasteiger partial charge in [-0.2, -0.15) is 5.10 Å². The van der Waals surface area contributed by atoms with Crippen LogP contribution in [0.3, 0.4) is 0 Å². The summed E-state index contributed by atoms with van der Waals surface area (Å²) in [5, 5.41) is 4.51. The van der Waals surface area contributed by atoms with Crippen molar-refractivity contribution >= 4 is 23.7 Å². The normalized spacial score (nSPS) is 10.4. The summed E-state index contributed by atoms with van der Waals surface area (Å²) in [7, 11) is 0. The molecule has 0 spiro atoms. The number of amides is 1. The standard InChI is InChI=1S/C17H15ClN2O2/c1-2-10-22-16-5-3-4-13(11-16)12-19-20-17(21)14-6-8-15(18)9-7-14/h2-9,11-12H,1,10H2,(H,20,21)/b19-12-. The van der Waals surface area contributed by atoms with Crippen molar-refractivity contribution in [3.8, 4) is 5.75 Å². The third-order valence-corrected chi connectivity index (χ3v) is 2.96. The van der Waals surface area contributed by atoms with Crippen molar-refractivity contribution in [2.75, 3.05) is 6.61 Å². The molecule has 0 atom stereocenters. The highest BCUT2D eigenvalue weighted by Crippen LogP contribution is 2.12. The topological polar surface area (TPSA) is 50.7 Å². The molecule has 2 aromatic carbocycles. The fraction of sp³-hybridized carbons (Fsp3) is 0.0588. The molecule has 2 aromatic rings. The van der Waals surface area contributed by atoms with Crippen LogP contribution in [0.4, 0.5) is 0 Å². The lowest BCUT2D eigenvalue weighted by Gasteiger charge is -2.03. The zero-order chi connectivity index (χ0) is 15.8. The second-order valence-electron chi connectivity index (χ2n) is 4.38. The minimum Gasteiger partial charge on any atom is -0.490 e. The van der Waals surface area contributed by atoms with Gasteiger partial charge in [0, 0.05) is 10.6 Å². The Kier molecular flexibility index (Phi) is 5.74. The fourth-order valence-corrected chi connectivity index (χ4v) is 1.80. The first kappa shape index (κ1) is 15.8. The zero-order valence-electron chi connectivity index (χ0n) is 11.8. The number of hydrogen-bond acceptors (Lipinski definition) is 3. The maximum Gasteiger partial charge on any atom is 0.271 e. The zero-order valence-corrected chi connectivity index (χ0v) is 12.6. The van der Waals surface area contributed by atoms with Gasteiger partial charge < -0.3 is 4.74 Å². The van der Waals surface area contributed by atoms with Crippen LogP contribution in [-0.4, -0.2) is 18.7 Å². The van der Waals surface area contributed by atoms with Crippen LogP contribution in [0.25, 0.3) is 0 Å². The number of carbonyl (C=O) groups excluding carboxylic acids is 1. The number of nitrogens with zero attached hydrogens (tertiary/aromatic N) is 1. The maximum atomic E-state index is 11.9. The van der Waals surface area contributed by atoms with E-state index in [2.05, 4.69) is 17.1 Å². The maximum absolute atomic E-state index is 11.9. The van der Waals surface area contributed by atoms with E-state index in [0.717, 1.165) is 5.56 Å². The van der Waals surface area contributed by atoms with Crippen LogP contribution in [-0.2, 0) is 0 Å². The van der Waals surface area contributed by atoms with Gasteiger partial charge in [-0.1, -0.05) is 36.4 Å². The molecule has 0 heterocycles. The Labute approximate surface area is 134 Å². The van der Waals surface area contributed by atoms with Gasteiger partial charge >= 0.3 is 0 Å². The van der Waals surface area contributed by atoms with Gasteiger partial charge in [0.2, 0.25) is 0 Å². The lowest BCUT2D eigenvalue weighted by Crippen LogP contribution is -2.17. The lowest BCUT2D eigenvalue weighted by atomic mass is 10.2. The third kappa shape index (κ3) is 4.75. The molecular weight excluding hydrogens is 300 g/mol. The van der Waals surface area contributed by atoms with Gasteiger partial charge in [0.1, 0.15) is 12.4 Å². The number of carbonyl (C=O) groups is 1. The smallest absolute Gasteiger partial charge is 0.271 e. The van der Waals surface area contributed by atoms with Crippen molar-refractivity contribution in [3.63, 3.8) is 0 Å². The fourth-order valence-electron chi connectivity index (χ4n) is 1.67. The van der Waals surface area contributed by atoms with Crippen molar-refractivity contribution in [2.45, 2.75) is 0 Å². The van der Waals surface area contributed by atoms with Crippen LogP contribution in [0, 0.1) is 0 Å². The van der Waals surface area contributed by atoms with Gasteiger partial charge in [-0.3, -0.25) is 4.79 Å². The summed E-state index contributed by atoms with van der Waals surface area (Å²) < 4.78 is 5.42. The molecule has 0 aliphatic carbocycles. The quantitative estimate of drug-likeness (QED) is 0.502. The first-order valence-corrected chi connectivity index (χ1v) is 6.99. The summed E-state index contributed by atoms with van der Waals surface area (Å²) in [5.41, 5.74) is 3.77. The Bertz CT molecular complexity index is 681. The van der Waals surface area contributed by atoms with Crippen molar-refractivity contribution in [3.05, 3.63) is 77.3 Å². The number of ether oxygens (including phenoxy) is 1. The van der Waals surface area contributed by atoms with E-state index >= 15 is 0 Å². The van der Waals surface area contributed by atoms with E-state index in [9.17, 15) is 4.79 Å². The Morgan fingerprint density at radius 3 is 2.77 bits per heavy atom. The van der Waals surface area contributed by atoms with E-state index in [1.54, 1.807) is 36.6 Å². The minimum atomic E-state index is -0.299. The van der Waals surface area contributed by atoms with E-state index in [1.807, 2.05) is 24.3 Å². The monoisotopic (exact) mass is 314 g/mol. The molecule has 0 radical (unpaired) electrons. The van der Waals surface area contributed by atoms with Crippen molar-refractivity contribution in [1.29, 1.82) is 0 Å². The summed E-state index contributed by atoms with van der Waals surface area (Å²) in [6, 6.07) is 13.9. The van der Waals surface area contributed by atoms with Crippen LogP contribution in [0.2, 0.25) is 5.02 Å². The summed E-state index contributed by atoms with van der Waals surface area (Å²) in [6.07, 6.45) is 3.22. The van der Waals surface area contributed by atoms with Crippen LogP contribution < -0.4 is 10.2 Å². The molecule has 0 aliphatic heterocycles. The Hall–Kier alpha value is -2.59. The summed E-state index contributed by atoms with van der Waals surface area (Å²) in [4.78, 5) is 11.9. The molecule has 0 bridgehead atoms. The largest absolute Gasteiger partial charge is 0.490 e. The van der Waals surface area contributed by atoms with E-state index < -0.39 is 0 Å². The Morgan fingerprint density at radius 2 is 2.05 bits per heavy atom. The molecule has 22 heavy (non-hydrogen) atoms. The number of hydrogen-bond donors (Lipinski definition) is 1. The predicted octanol–water partition coefficient (Wildman–Crippen LogP) is 3.67. The number of halogens is 1. The molecule has 0 unspecified atom stereocenters. The van der Waals surface area contributed by atoms with E-state index in [-0.39, 0.29) is 5.91 Å². The number of rotatable bonds is 6. The minimum absolute atomic E-state index is 0.299. The van der Waals surface area contributed by atoms with E-state index in [0.29, 0.717) is 22.9 Å². The Balaban J connectivity index is 1.95. The number of hydrazone groups is 1. The molecule has 0 aromatic heterocycles. The predicted molar refractivity (Wildman–Crippen MR) is 88.6 cm³/mol. The highest BCUT2D eigenvalue weighted by Gasteiger charge is 2.03. The van der Waals surface area contributed by atoms with Gasteiger partial charge in [-0.15, -0.1) is 0 Å². The van der Waals surface area contributed by atoms with Gasteiger partial charge in [-0.25, -0.2) is 5.43 Å². The van der Waals surface area contributed by atoms with Crippen LogP contribution in [0.1, 0.15) is 15.9 Å². The lowest BCUT2D eigenvalue weighted by molar-refractivity contribution is 0.0955. The molecule has 0 saturated heterocycles.